The van der Waals surface area contributed by atoms with Crippen molar-refractivity contribution in [1.82, 2.24) is 0 Å². The number of benzene rings is 6. The Morgan fingerprint density at radius 3 is 0.655 bits per heavy atom. The van der Waals surface area contributed by atoms with Gasteiger partial charge < -0.3 is 134 Å². The van der Waals surface area contributed by atoms with E-state index < -0.39 is 0 Å². The topological polar surface area (TPSA) is 401 Å². The van der Waals surface area contributed by atoms with Gasteiger partial charge in [-0.2, -0.15) is 0 Å². The molecule has 24 nitrogen and oxygen atoms in total. The van der Waals surface area contributed by atoms with E-state index in [1.54, 1.807) is 97.1 Å². The van der Waals surface area contributed by atoms with Crippen LogP contribution in [-0.2, 0) is 55.8 Å². The SMILES string of the molecule is CO.[Br-].[Br-].[Na+].[Na+].[O-2].[O-2].[O-2].[O-2].[O-]c1ccccc1C=Nc1cc2c(cc1N=Cc1ccccc1[O-])OCCOCCOCCOCCO2.[O-]c1ccccc1C=Nc1cc2c(cc1N=Cc1ccccc1[O-])OCCOCCOCCOCCO2.[OH3+].[U].[U]. The zero-order chi connectivity index (χ0) is 53.4. The Labute approximate surface area is 618 Å². The molecule has 2 heterocycles. The van der Waals surface area contributed by atoms with Crippen molar-refractivity contribution in [1.29, 1.82) is 0 Å². The second-order valence-electron chi connectivity index (χ2n) is 15.8. The molecule has 0 atom stereocenters. The number of ether oxygens (including phenoxy) is 10. The number of para-hydroxylation sites is 4. The monoisotopic (exact) mass is 1800 g/mol. The van der Waals surface area contributed by atoms with Crippen LogP contribution in [0.5, 0.6) is 46.0 Å². The minimum atomic E-state index is -0.147. The predicted octanol–water partition coefficient (Wildman–Crippen LogP) is -7.46. The molecule has 0 bridgehead atoms. The van der Waals surface area contributed by atoms with Gasteiger partial charge in [-0.1, -0.05) is 97.1 Å². The standard InChI is InChI=1S/2C28H30N2O7.CH4O.2BrH.2Na.H2O.4O.2U/c2*31-25-7-3-1-5-21(25)19-29-23-17-27-28(18-24(23)30-20-22-6-2-4-8-26(22)32)37-16-14-35-12-10-33-9-11-34-13-15-36-27;1-2;;;;;;;;;;;/h2*1-8,17-20,31-32H,9-16H2;2H,1H3;2*1H;;;1H2;;;;;;/q;;;;;2*+1;;4*-2;;/p-5. The van der Waals surface area contributed by atoms with E-state index >= 15 is 0 Å². The van der Waals surface area contributed by atoms with Crippen LogP contribution in [0.1, 0.15) is 22.3 Å². The Morgan fingerprint density at radius 1 is 0.322 bits per heavy atom. The summed E-state index contributed by atoms with van der Waals surface area (Å²) in [5.74, 6) is 1.19. The molecule has 466 valence electrons. The van der Waals surface area contributed by atoms with Gasteiger partial charge in [0.25, 0.3) is 0 Å². The van der Waals surface area contributed by atoms with E-state index in [4.69, 9.17) is 52.5 Å². The first kappa shape index (κ1) is 95.1. The molecule has 0 saturated heterocycles. The zero-order valence-electron chi connectivity index (χ0n) is 48.1. The van der Waals surface area contributed by atoms with E-state index in [0.29, 0.717) is 147 Å². The average molecular weight is 1810 g/mol. The van der Waals surface area contributed by atoms with Gasteiger partial charge in [-0.15, -0.1) is 23.0 Å². The van der Waals surface area contributed by atoms with Gasteiger partial charge in [0.15, 0.2) is 23.0 Å². The van der Waals surface area contributed by atoms with Crippen molar-refractivity contribution in [2.24, 2.45) is 20.0 Å². The van der Waals surface area contributed by atoms with Crippen molar-refractivity contribution in [3.63, 3.8) is 0 Å². The molecule has 2 aliphatic rings. The Kier molecular flexibility index (Phi) is 62.2. The average Bonchev–Trinajstić information content (AvgIpc) is 2.82. The fourth-order valence-electron chi connectivity index (χ4n) is 6.77. The number of fused-ring (bicyclic) bond motifs is 2. The smallest absolute Gasteiger partial charge is 1.00 e. The maximum Gasteiger partial charge on any atom is 1.00 e. The number of halogens is 2. The normalized spacial score (nSPS) is 13.6. The fourth-order valence-corrected chi connectivity index (χ4v) is 6.77. The fraction of sp³-hybridized carbons (Fsp3) is 0.298. The summed E-state index contributed by atoms with van der Waals surface area (Å²) < 4.78 is 56.9. The van der Waals surface area contributed by atoms with Crippen molar-refractivity contribution in [3.8, 4) is 46.0 Å². The third kappa shape index (κ3) is 34.8. The molecule has 0 aliphatic carbocycles. The molecule has 0 spiro atoms. The van der Waals surface area contributed by atoms with Crippen LogP contribution in [0, 0.1) is 62.2 Å². The van der Waals surface area contributed by atoms with Crippen LogP contribution in [0.3, 0.4) is 0 Å². The molecule has 0 aromatic heterocycles. The largest absolute Gasteiger partial charge is 2.00 e. The molecule has 4 N–H and O–H groups in total. The van der Waals surface area contributed by atoms with Crippen molar-refractivity contribution >= 4 is 47.6 Å². The summed E-state index contributed by atoms with van der Waals surface area (Å²) >= 11 is 0. The van der Waals surface area contributed by atoms with Crippen LogP contribution >= 0.6 is 0 Å². The molecule has 0 unspecified atom stereocenters. The number of hydrogen-bond acceptors (Lipinski definition) is 19. The molecular formula is C57H63Br2N4Na2O20U2-11. The molecule has 30 heteroatoms. The predicted molar refractivity (Wildman–Crippen MR) is 288 cm³/mol. The van der Waals surface area contributed by atoms with Gasteiger partial charge in [-0.05, 0) is 22.3 Å². The quantitative estimate of drug-likeness (QED) is 0.0841. The number of aliphatic hydroxyl groups excluding tert-OH is 1. The number of nitrogens with zero attached hydrogens (tertiary/aromatic N) is 4. The third-order valence-electron chi connectivity index (χ3n) is 10.6. The summed E-state index contributed by atoms with van der Waals surface area (Å²) in [6, 6.07) is 33.2. The van der Waals surface area contributed by atoms with Crippen LogP contribution in [0.15, 0.2) is 141 Å². The molecule has 6 aromatic rings. The van der Waals surface area contributed by atoms with Crippen molar-refractivity contribution < 1.29 is 256 Å². The molecule has 8 rings (SSSR count). The molecule has 87 heavy (non-hydrogen) atoms. The van der Waals surface area contributed by atoms with Crippen LogP contribution in [0.2, 0.25) is 0 Å². The first-order chi connectivity index (χ1) is 37.4. The molecule has 0 amide bonds. The Bertz CT molecular complexity index is 2480. The van der Waals surface area contributed by atoms with Gasteiger partial charge in [0, 0.05) is 118 Å². The maximum absolute atomic E-state index is 12.2. The molecule has 0 radical (unpaired) electrons. The van der Waals surface area contributed by atoms with E-state index in [1.807, 2.05) is 0 Å². The van der Waals surface area contributed by atoms with E-state index in [0.717, 1.165) is 7.11 Å². The van der Waals surface area contributed by atoms with E-state index in [-0.39, 0.29) is 232 Å². The Balaban J connectivity index is -0.000000326. The number of hydrogen-bond donors (Lipinski definition) is 1. The van der Waals surface area contributed by atoms with Crippen LogP contribution < -0.4 is 132 Å². The van der Waals surface area contributed by atoms with Crippen LogP contribution in [0.25, 0.3) is 0 Å². The number of aliphatic hydroxyl groups is 1. The van der Waals surface area contributed by atoms with Crippen molar-refractivity contribution in [2.45, 2.75) is 0 Å². The summed E-state index contributed by atoms with van der Waals surface area (Å²) in [7, 11) is 1.00. The van der Waals surface area contributed by atoms with E-state index in [2.05, 4.69) is 20.0 Å². The number of rotatable bonds is 8. The summed E-state index contributed by atoms with van der Waals surface area (Å²) in [6.07, 6.45) is 5.92. The van der Waals surface area contributed by atoms with Gasteiger partial charge in [0.1, 0.15) is 26.4 Å². The Morgan fingerprint density at radius 2 is 0.483 bits per heavy atom. The molecule has 2 aliphatic heterocycles. The van der Waals surface area contributed by atoms with E-state index in [9.17, 15) is 20.4 Å². The first-order valence-electron chi connectivity index (χ1n) is 24.4. The molecular weight excluding hydrogens is 1740 g/mol. The second-order valence-corrected chi connectivity index (χ2v) is 15.8. The van der Waals surface area contributed by atoms with Crippen LogP contribution in [0.4, 0.5) is 22.7 Å². The first-order valence-corrected chi connectivity index (χ1v) is 24.4. The summed E-state index contributed by atoms with van der Waals surface area (Å²) in [5, 5.41) is 55.7. The van der Waals surface area contributed by atoms with Gasteiger partial charge in [0.05, 0.1) is 102 Å². The second kappa shape index (κ2) is 56.9. The van der Waals surface area contributed by atoms with Crippen LogP contribution in [-0.4, -0.2) is 143 Å². The van der Waals surface area contributed by atoms with Crippen molar-refractivity contribution in [3.05, 3.63) is 144 Å². The minimum absolute atomic E-state index is 0. The Hall–Kier alpha value is -3.02. The maximum atomic E-state index is 12.2. The van der Waals surface area contributed by atoms with Gasteiger partial charge >= 0.3 is 59.1 Å². The van der Waals surface area contributed by atoms with E-state index in [1.165, 1.54) is 49.1 Å². The summed E-state index contributed by atoms with van der Waals surface area (Å²) in [6.45, 7) is 6.29. The molecule has 6 aromatic carbocycles. The number of aliphatic imine (C=N–C) groups is 4. The minimum Gasteiger partial charge on any atom is -2.00 e. The van der Waals surface area contributed by atoms with Gasteiger partial charge in [-0.25, -0.2) is 0 Å². The summed E-state index contributed by atoms with van der Waals surface area (Å²) in [4.78, 5) is 18.1. The van der Waals surface area contributed by atoms with Gasteiger partial charge in [-0.3, -0.25) is 20.0 Å². The van der Waals surface area contributed by atoms with Gasteiger partial charge in [0.2, 0.25) is 0 Å². The summed E-state index contributed by atoms with van der Waals surface area (Å²) in [5.41, 5.74) is 3.49. The molecule has 0 fully saturated rings. The van der Waals surface area contributed by atoms with Crippen molar-refractivity contribution in [2.75, 3.05) is 113 Å². The molecule has 0 saturated carbocycles. The third-order valence-corrected chi connectivity index (χ3v) is 10.6. The zero-order valence-corrected chi connectivity index (χ0v) is 63.6.